The lowest BCUT2D eigenvalue weighted by atomic mass is 9.90. The third kappa shape index (κ3) is 19.0. The van der Waals surface area contributed by atoms with Crippen LogP contribution in [0.2, 0.25) is 0 Å². The van der Waals surface area contributed by atoms with Gasteiger partial charge in [-0.3, -0.25) is 14.4 Å². The van der Waals surface area contributed by atoms with Crippen LogP contribution in [0.25, 0.3) is 0 Å². The van der Waals surface area contributed by atoms with E-state index in [0.29, 0.717) is 46.1 Å². The first-order chi connectivity index (χ1) is 17.2. The van der Waals surface area contributed by atoms with Crippen LogP contribution >= 0.6 is 0 Å². The van der Waals surface area contributed by atoms with Crippen molar-refractivity contribution in [2.75, 3.05) is 59.4 Å². The zero-order valence-electron chi connectivity index (χ0n) is 21.9. The van der Waals surface area contributed by atoms with Crippen LogP contribution in [0.1, 0.15) is 52.9 Å². The third-order valence-electron chi connectivity index (χ3n) is 5.09. The number of amides is 3. The Hall–Kier alpha value is -2.28. The third-order valence-corrected chi connectivity index (χ3v) is 5.09. The highest BCUT2D eigenvalue weighted by Crippen LogP contribution is 2.16. The number of nitrogens with two attached hydrogens (primary N) is 1. The zero-order chi connectivity index (χ0) is 27.2. The molecule has 210 valence electrons. The Bertz CT molecular complexity index is 632. The van der Waals surface area contributed by atoms with E-state index in [2.05, 4.69) is 10.6 Å². The maximum absolute atomic E-state index is 12.7. The van der Waals surface area contributed by atoms with E-state index in [1.165, 1.54) is 0 Å². The molecule has 3 amide bonds. The molecule has 0 radical (unpaired) electrons. The molecule has 12 heteroatoms. The Morgan fingerprint density at radius 2 is 1.39 bits per heavy atom. The molecule has 0 aromatic rings. The Morgan fingerprint density at radius 3 is 1.86 bits per heavy atom. The number of urea groups is 1. The molecule has 0 bridgehead atoms. The molecule has 0 saturated carbocycles. The van der Waals surface area contributed by atoms with Crippen LogP contribution in [0, 0.1) is 11.8 Å². The van der Waals surface area contributed by atoms with Gasteiger partial charge in [0.15, 0.2) is 5.78 Å². The number of aliphatic carboxylic acids is 1. The molecule has 0 spiro atoms. The van der Waals surface area contributed by atoms with Gasteiger partial charge in [-0.2, -0.15) is 0 Å². The highest BCUT2D eigenvalue weighted by molar-refractivity contribution is 5.91. The minimum absolute atomic E-state index is 0.0680. The summed E-state index contributed by atoms with van der Waals surface area (Å²) in [5.41, 5.74) is 4.98. The molecule has 0 saturated heterocycles. The van der Waals surface area contributed by atoms with Gasteiger partial charge in [0, 0.05) is 26.0 Å². The Morgan fingerprint density at radius 1 is 0.861 bits per heavy atom. The lowest BCUT2D eigenvalue weighted by Crippen LogP contribution is -2.45. The number of hydrogen-bond donors (Lipinski definition) is 4. The molecule has 12 nitrogen and oxygen atoms in total. The zero-order valence-corrected chi connectivity index (χ0v) is 21.9. The van der Waals surface area contributed by atoms with Crippen LogP contribution < -0.4 is 16.4 Å². The van der Waals surface area contributed by atoms with E-state index in [0.717, 1.165) is 13.0 Å². The largest absolute Gasteiger partial charge is 0.481 e. The van der Waals surface area contributed by atoms with Crippen LogP contribution in [0.4, 0.5) is 4.79 Å². The summed E-state index contributed by atoms with van der Waals surface area (Å²) < 4.78 is 21.4. The predicted octanol–water partition coefficient (Wildman–Crippen LogP) is 1.10. The van der Waals surface area contributed by atoms with Crippen molar-refractivity contribution >= 4 is 23.7 Å². The number of primary amides is 1. The molecule has 0 rings (SSSR count). The normalized spacial score (nSPS) is 12.8. The second-order valence-corrected chi connectivity index (χ2v) is 8.63. The number of carbonyl (C=O) groups excluding carboxylic acids is 3. The van der Waals surface area contributed by atoms with E-state index >= 15 is 0 Å². The highest BCUT2D eigenvalue weighted by Gasteiger charge is 2.29. The van der Waals surface area contributed by atoms with Crippen LogP contribution in [-0.2, 0) is 33.3 Å². The first-order valence-electron chi connectivity index (χ1n) is 12.6. The van der Waals surface area contributed by atoms with E-state index in [4.69, 9.17) is 24.7 Å². The van der Waals surface area contributed by atoms with Crippen molar-refractivity contribution in [3.63, 3.8) is 0 Å². The van der Waals surface area contributed by atoms with Gasteiger partial charge in [-0.25, -0.2) is 4.79 Å². The fourth-order valence-corrected chi connectivity index (χ4v) is 3.18. The molecule has 0 heterocycles. The summed E-state index contributed by atoms with van der Waals surface area (Å²) in [6.07, 6.45) is 1.41. The van der Waals surface area contributed by atoms with E-state index in [-0.39, 0.29) is 50.0 Å². The quantitative estimate of drug-likeness (QED) is 0.136. The second-order valence-electron chi connectivity index (χ2n) is 8.63. The molecule has 0 unspecified atom stereocenters. The van der Waals surface area contributed by atoms with Gasteiger partial charge in [0.25, 0.3) is 0 Å². The number of carboxylic acids is 1. The topological polar surface area (TPSA) is 176 Å². The van der Waals surface area contributed by atoms with Crippen LogP contribution in [0.3, 0.4) is 0 Å². The summed E-state index contributed by atoms with van der Waals surface area (Å²) >= 11 is 0. The van der Waals surface area contributed by atoms with Crippen molar-refractivity contribution in [1.29, 1.82) is 0 Å². The van der Waals surface area contributed by atoms with Crippen molar-refractivity contribution in [1.82, 2.24) is 10.6 Å². The monoisotopic (exact) mass is 519 g/mol. The van der Waals surface area contributed by atoms with E-state index in [1.54, 1.807) is 13.8 Å². The molecule has 0 aliphatic heterocycles. The number of ether oxygens (including phenoxy) is 4. The van der Waals surface area contributed by atoms with Gasteiger partial charge >= 0.3 is 12.0 Å². The van der Waals surface area contributed by atoms with Crippen molar-refractivity contribution in [3.05, 3.63) is 0 Å². The van der Waals surface area contributed by atoms with Crippen LogP contribution in [0.5, 0.6) is 0 Å². The smallest absolute Gasteiger partial charge is 0.312 e. The number of carbonyl (C=O) groups is 4. The Kier molecular flexibility index (Phi) is 20.6. The molecule has 0 aliphatic rings. The van der Waals surface area contributed by atoms with Gasteiger partial charge in [-0.05, 0) is 25.2 Å². The summed E-state index contributed by atoms with van der Waals surface area (Å²) in [7, 11) is 0. The first-order valence-corrected chi connectivity index (χ1v) is 12.6. The number of Topliss-reactive ketones (excluding diaryl/α,β-unsaturated/α-hetero) is 1. The summed E-state index contributed by atoms with van der Waals surface area (Å²) in [6.45, 7) is 9.44. The minimum Gasteiger partial charge on any atom is -0.481 e. The lowest BCUT2D eigenvalue weighted by Gasteiger charge is -2.23. The van der Waals surface area contributed by atoms with Gasteiger partial charge < -0.3 is 40.4 Å². The predicted molar refractivity (Wildman–Crippen MR) is 133 cm³/mol. The summed E-state index contributed by atoms with van der Waals surface area (Å²) in [4.78, 5) is 47.3. The number of hydrogen-bond acceptors (Lipinski definition) is 8. The van der Waals surface area contributed by atoms with E-state index in [9.17, 15) is 24.3 Å². The van der Waals surface area contributed by atoms with E-state index in [1.807, 2.05) is 6.92 Å². The Balaban J connectivity index is 4.13. The van der Waals surface area contributed by atoms with Crippen molar-refractivity contribution in [2.24, 2.45) is 17.6 Å². The molecule has 2 atom stereocenters. The average molecular weight is 520 g/mol. The van der Waals surface area contributed by atoms with Crippen LogP contribution in [0.15, 0.2) is 0 Å². The standard InChI is InChI=1S/C24H45N3O9/c1-4-9-33-11-13-35-15-16-36-14-12-34-10-7-21(29)27-22(18(2)3)20(28)17-19(23(30)31)6-5-8-26-24(25)32/h18-19,22H,4-17H2,1-3H3,(H,27,29)(H,30,31)(H3,25,26,32)/t19-,22+/m1/s1. The lowest BCUT2D eigenvalue weighted by molar-refractivity contribution is -0.144. The molecular formula is C24H45N3O9. The molecular weight excluding hydrogens is 474 g/mol. The molecule has 36 heavy (non-hydrogen) atoms. The number of nitrogens with one attached hydrogen (secondary N) is 2. The number of ketones is 1. The summed E-state index contributed by atoms with van der Waals surface area (Å²) in [5, 5.41) is 14.5. The SMILES string of the molecule is CCCOCCOCCOCCOCCC(=O)N[C@H](C(=O)C[C@@H](CCCNC(N)=O)C(=O)O)C(C)C. The first kappa shape index (κ1) is 33.7. The van der Waals surface area contributed by atoms with Crippen LogP contribution in [-0.4, -0.2) is 94.2 Å². The molecule has 5 N–H and O–H groups in total. The number of rotatable bonds is 24. The van der Waals surface area contributed by atoms with Crippen molar-refractivity contribution < 1.29 is 43.2 Å². The van der Waals surface area contributed by atoms with Crippen molar-refractivity contribution in [3.8, 4) is 0 Å². The maximum Gasteiger partial charge on any atom is 0.312 e. The fourth-order valence-electron chi connectivity index (χ4n) is 3.18. The molecule has 0 aromatic carbocycles. The van der Waals surface area contributed by atoms with Gasteiger partial charge in [-0.1, -0.05) is 20.8 Å². The fraction of sp³-hybridized carbons (Fsp3) is 0.833. The summed E-state index contributed by atoms with van der Waals surface area (Å²) in [6, 6.07) is -1.48. The van der Waals surface area contributed by atoms with Gasteiger partial charge in [0.05, 0.1) is 58.2 Å². The van der Waals surface area contributed by atoms with Gasteiger partial charge in [-0.15, -0.1) is 0 Å². The van der Waals surface area contributed by atoms with Gasteiger partial charge in [0.1, 0.15) is 0 Å². The average Bonchev–Trinajstić information content (AvgIpc) is 2.81. The second kappa shape index (κ2) is 22.0. The molecule has 0 aromatic heterocycles. The Labute approximate surface area is 213 Å². The minimum atomic E-state index is -1.10. The molecule has 0 fully saturated rings. The van der Waals surface area contributed by atoms with Crippen molar-refractivity contribution in [2.45, 2.75) is 58.9 Å². The summed E-state index contributed by atoms with van der Waals surface area (Å²) in [5.74, 6) is -2.91. The van der Waals surface area contributed by atoms with E-state index < -0.39 is 24.0 Å². The van der Waals surface area contributed by atoms with Gasteiger partial charge in [0.2, 0.25) is 5.91 Å². The maximum atomic E-state index is 12.7. The molecule has 0 aliphatic carbocycles. The highest BCUT2D eigenvalue weighted by atomic mass is 16.6. The number of carboxylic acid groups (broad SMARTS) is 1.